The van der Waals surface area contributed by atoms with Gasteiger partial charge in [0.1, 0.15) is 5.76 Å². The first-order chi connectivity index (χ1) is 8.57. The highest BCUT2D eigenvalue weighted by molar-refractivity contribution is 5.33. The minimum Gasteiger partial charge on any atom is -0.469 e. The lowest BCUT2D eigenvalue weighted by Crippen LogP contribution is -2.33. The number of furan rings is 1. The number of fused-ring (bicyclic) bond motifs is 1. The zero-order chi connectivity index (χ0) is 12.8. The zero-order valence-electron chi connectivity index (χ0n) is 11.1. The van der Waals surface area contributed by atoms with E-state index in [2.05, 4.69) is 35.9 Å². The Morgan fingerprint density at radius 2 is 2.28 bits per heavy atom. The lowest BCUT2D eigenvalue weighted by Gasteiger charge is -2.27. The van der Waals surface area contributed by atoms with Crippen LogP contribution in [0, 0.1) is 0 Å². The molecule has 2 aromatic heterocycles. The Kier molecular flexibility index (Phi) is 2.55. The molecule has 0 spiro atoms. The third-order valence-corrected chi connectivity index (χ3v) is 3.44. The summed E-state index contributed by atoms with van der Waals surface area (Å²) in [7, 11) is 0. The van der Waals surface area contributed by atoms with E-state index in [1.54, 1.807) is 6.26 Å². The third-order valence-electron chi connectivity index (χ3n) is 3.44. The van der Waals surface area contributed by atoms with Gasteiger partial charge in [-0.1, -0.05) is 0 Å². The Hall–Kier alpha value is -1.55. The summed E-state index contributed by atoms with van der Waals surface area (Å²) in [6.07, 6.45) is 3.73. The molecule has 1 atom stereocenters. The van der Waals surface area contributed by atoms with E-state index in [4.69, 9.17) is 4.42 Å². The quantitative estimate of drug-likeness (QED) is 0.839. The Balaban J connectivity index is 2.05. The maximum Gasteiger partial charge on any atom is 0.112 e. The van der Waals surface area contributed by atoms with Gasteiger partial charge in [0.25, 0.3) is 0 Å². The van der Waals surface area contributed by atoms with Gasteiger partial charge in [-0.25, -0.2) is 0 Å². The molecule has 1 aliphatic heterocycles. The molecule has 0 saturated carbocycles. The lowest BCUT2D eigenvalue weighted by molar-refractivity contribution is 0.334. The van der Waals surface area contributed by atoms with E-state index in [1.807, 2.05) is 18.3 Å². The van der Waals surface area contributed by atoms with Crippen molar-refractivity contribution in [2.24, 2.45) is 0 Å². The van der Waals surface area contributed by atoms with Gasteiger partial charge in [0.15, 0.2) is 0 Å². The van der Waals surface area contributed by atoms with Crippen molar-refractivity contribution in [3.8, 4) is 0 Å². The predicted octanol–water partition coefficient (Wildman–Crippen LogP) is 2.47. The number of hydrogen-bond donors (Lipinski definition) is 1. The molecular formula is C14H19N3O. The van der Waals surface area contributed by atoms with Crippen LogP contribution in [0.3, 0.4) is 0 Å². The van der Waals surface area contributed by atoms with Crippen molar-refractivity contribution >= 4 is 0 Å². The van der Waals surface area contributed by atoms with Crippen LogP contribution in [-0.2, 0) is 12.1 Å². The van der Waals surface area contributed by atoms with Gasteiger partial charge in [0.2, 0.25) is 0 Å². The third kappa shape index (κ3) is 1.77. The summed E-state index contributed by atoms with van der Waals surface area (Å²) in [5, 5.41) is 8.02. The summed E-state index contributed by atoms with van der Waals surface area (Å²) < 4.78 is 7.66. The number of rotatable bonds is 1. The summed E-state index contributed by atoms with van der Waals surface area (Å²) in [5.41, 5.74) is 2.58. The van der Waals surface area contributed by atoms with Crippen LogP contribution in [-0.4, -0.2) is 16.3 Å². The molecule has 96 valence electrons. The Morgan fingerprint density at radius 1 is 1.44 bits per heavy atom. The molecule has 4 heteroatoms. The molecule has 1 unspecified atom stereocenters. The first-order valence-corrected chi connectivity index (χ1v) is 6.39. The van der Waals surface area contributed by atoms with Crippen molar-refractivity contribution < 1.29 is 4.42 Å². The van der Waals surface area contributed by atoms with Crippen LogP contribution < -0.4 is 5.32 Å². The molecule has 18 heavy (non-hydrogen) atoms. The van der Waals surface area contributed by atoms with Crippen molar-refractivity contribution in [2.75, 3.05) is 6.54 Å². The molecule has 3 rings (SSSR count). The molecule has 0 aromatic carbocycles. The topological polar surface area (TPSA) is 43.0 Å². The Labute approximate surface area is 107 Å². The first kappa shape index (κ1) is 11.5. The van der Waals surface area contributed by atoms with Crippen molar-refractivity contribution in [3.63, 3.8) is 0 Å². The Bertz CT molecular complexity index is 534. The van der Waals surface area contributed by atoms with E-state index in [0.717, 1.165) is 18.8 Å². The second-order valence-corrected chi connectivity index (χ2v) is 5.83. The predicted molar refractivity (Wildman–Crippen MR) is 69.5 cm³/mol. The van der Waals surface area contributed by atoms with Crippen LogP contribution in [0.15, 0.2) is 29.0 Å². The average molecular weight is 245 g/mol. The summed E-state index contributed by atoms with van der Waals surface area (Å²) in [6, 6.07) is 3.98. The molecular weight excluding hydrogens is 226 g/mol. The normalized spacial score (nSPS) is 19.8. The van der Waals surface area contributed by atoms with Gasteiger partial charge in [-0.2, -0.15) is 5.10 Å². The van der Waals surface area contributed by atoms with Gasteiger partial charge in [-0.05, 0) is 32.9 Å². The van der Waals surface area contributed by atoms with E-state index in [-0.39, 0.29) is 11.5 Å². The molecule has 2 aromatic rings. The molecule has 4 nitrogen and oxygen atoms in total. The lowest BCUT2D eigenvalue weighted by atomic mass is 9.93. The van der Waals surface area contributed by atoms with E-state index in [1.165, 1.54) is 11.3 Å². The molecule has 0 amide bonds. The molecule has 0 saturated heterocycles. The summed E-state index contributed by atoms with van der Waals surface area (Å²) in [6.45, 7) is 8.32. The van der Waals surface area contributed by atoms with Gasteiger partial charge in [0.05, 0.1) is 29.6 Å². The van der Waals surface area contributed by atoms with Crippen molar-refractivity contribution in [1.82, 2.24) is 15.1 Å². The van der Waals surface area contributed by atoms with E-state index < -0.39 is 0 Å². The highest BCUT2D eigenvalue weighted by atomic mass is 16.3. The number of hydrogen-bond acceptors (Lipinski definition) is 3. The van der Waals surface area contributed by atoms with Gasteiger partial charge < -0.3 is 9.73 Å². The van der Waals surface area contributed by atoms with Crippen LogP contribution in [0.1, 0.15) is 43.7 Å². The van der Waals surface area contributed by atoms with Crippen LogP contribution in [0.4, 0.5) is 0 Å². The largest absolute Gasteiger partial charge is 0.469 e. The zero-order valence-corrected chi connectivity index (χ0v) is 11.1. The fourth-order valence-corrected chi connectivity index (χ4v) is 2.62. The van der Waals surface area contributed by atoms with Crippen molar-refractivity contribution in [1.29, 1.82) is 0 Å². The van der Waals surface area contributed by atoms with E-state index in [9.17, 15) is 0 Å². The van der Waals surface area contributed by atoms with Crippen molar-refractivity contribution in [3.05, 3.63) is 41.6 Å². The average Bonchev–Trinajstić information content (AvgIpc) is 2.96. The maximum absolute atomic E-state index is 5.55. The van der Waals surface area contributed by atoms with Gasteiger partial charge in [-0.15, -0.1) is 0 Å². The monoisotopic (exact) mass is 245 g/mol. The number of nitrogens with one attached hydrogen (secondary N) is 1. The Morgan fingerprint density at radius 3 is 2.94 bits per heavy atom. The summed E-state index contributed by atoms with van der Waals surface area (Å²) in [5.74, 6) is 1.29. The molecule has 0 radical (unpaired) electrons. The molecule has 0 fully saturated rings. The second-order valence-electron chi connectivity index (χ2n) is 5.83. The molecule has 3 heterocycles. The fourth-order valence-electron chi connectivity index (χ4n) is 2.62. The summed E-state index contributed by atoms with van der Waals surface area (Å²) in [4.78, 5) is 0. The van der Waals surface area contributed by atoms with Crippen molar-refractivity contribution in [2.45, 2.75) is 38.8 Å². The second kappa shape index (κ2) is 3.99. The van der Waals surface area contributed by atoms with E-state index >= 15 is 0 Å². The smallest absolute Gasteiger partial charge is 0.112 e. The van der Waals surface area contributed by atoms with E-state index in [0.29, 0.717) is 0 Å². The van der Waals surface area contributed by atoms with Crippen LogP contribution in [0.25, 0.3) is 0 Å². The highest BCUT2D eigenvalue weighted by Gasteiger charge is 2.29. The standard InChI is InChI=1S/C14H19N3O/c1-14(2,3)17-12-9-15-7-11(10(12)8-16-17)13-5-4-6-18-13/h4-6,8,11,15H,7,9H2,1-3H3. The van der Waals surface area contributed by atoms with Gasteiger partial charge >= 0.3 is 0 Å². The number of nitrogens with zero attached hydrogens (tertiary/aromatic N) is 2. The summed E-state index contributed by atoms with van der Waals surface area (Å²) >= 11 is 0. The van der Waals surface area contributed by atoms with Crippen LogP contribution in [0.5, 0.6) is 0 Å². The van der Waals surface area contributed by atoms with Crippen LogP contribution >= 0.6 is 0 Å². The van der Waals surface area contributed by atoms with Gasteiger partial charge in [0, 0.05) is 18.7 Å². The maximum atomic E-state index is 5.55. The fraction of sp³-hybridized carbons (Fsp3) is 0.500. The first-order valence-electron chi connectivity index (χ1n) is 6.39. The molecule has 0 aliphatic carbocycles. The molecule has 1 aliphatic rings. The minimum absolute atomic E-state index is 0.0142. The molecule has 0 bridgehead atoms. The van der Waals surface area contributed by atoms with Gasteiger partial charge in [-0.3, -0.25) is 4.68 Å². The van der Waals surface area contributed by atoms with Crippen LogP contribution in [0.2, 0.25) is 0 Å². The molecule has 1 N–H and O–H groups in total. The SMILES string of the molecule is CC(C)(C)n1ncc2c1CNCC2c1ccco1. The highest BCUT2D eigenvalue weighted by Crippen LogP contribution is 2.32. The number of aromatic nitrogens is 2. The minimum atomic E-state index is 0.0142.